The van der Waals surface area contributed by atoms with Crippen molar-refractivity contribution in [1.82, 2.24) is 4.57 Å². The van der Waals surface area contributed by atoms with E-state index in [4.69, 9.17) is 9.47 Å². The average molecular weight is 583 g/mol. The lowest BCUT2D eigenvalue weighted by Crippen LogP contribution is -2.39. The second-order valence-electron chi connectivity index (χ2n) is 9.82. The summed E-state index contributed by atoms with van der Waals surface area (Å²) in [5, 5.41) is 19.1. The zero-order valence-corrected chi connectivity index (χ0v) is 24.5. The van der Waals surface area contributed by atoms with Gasteiger partial charge in [-0.25, -0.2) is 9.79 Å². The van der Waals surface area contributed by atoms with E-state index < -0.39 is 12.0 Å². The molecular formula is C32H30N4O5S. The van der Waals surface area contributed by atoms with Crippen molar-refractivity contribution >= 4 is 34.8 Å². The first-order valence-electron chi connectivity index (χ1n) is 13.5. The van der Waals surface area contributed by atoms with Crippen molar-refractivity contribution in [3.05, 3.63) is 115 Å². The van der Waals surface area contributed by atoms with E-state index in [0.717, 1.165) is 0 Å². The van der Waals surface area contributed by atoms with Crippen LogP contribution in [0.1, 0.15) is 44.9 Å². The van der Waals surface area contributed by atoms with Crippen LogP contribution in [0.3, 0.4) is 0 Å². The van der Waals surface area contributed by atoms with Crippen molar-refractivity contribution in [3.8, 4) is 11.5 Å². The van der Waals surface area contributed by atoms with E-state index in [2.05, 4.69) is 15.2 Å². The fraction of sp³-hybridized carbons (Fsp3) is 0.219. The Balaban J connectivity index is 1.60. The molecule has 214 valence electrons. The second kappa shape index (κ2) is 12.4. The van der Waals surface area contributed by atoms with Crippen molar-refractivity contribution in [1.29, 1.82) is 0 Å². The molecule has 0 amide bonds. The van der Waals surface area contributed by atoms with Gasteiger partial charge in [-0.2, -0.15) is 10.2 Å². The molecule has 10 heteroatoms. The smallest absolute Gasteiger partial charge is 0.338 e. The van der Waals surface area contributed by atoms with Crippen LogP contribution in [0.25, 0.3) is 6.08 Å². The van der Waals surface area contributed by atoms with Gasteiger partial charge < -0.3 is 14.6 Å². The largest absolute Gasteiger partial charge is 0.507 e. The first-order chi connectivity index (χ1) is 20.2. The maximum absolute atomic E-state index is 13.9. The number of rotatable bonds is 8. The number of ether oxygens (including phenoxy) is 2. The highest BCUT2D eigenvalue weighted by molar-refractivity contribution is 7.07. The Morgan fingerprint density at radius 2 is 1.79 bits per heavy atom. The SMILES string of the molecule is CCOC(=O)C1=C(C)N=c2s/c(=C\c3cc(N=Nc4ccccc4)ccc3O)c(=O)n2[C@@H]1c1ccc(OC(C)C)cc1. The van der Waals surface area contributed by atoms with Gasteiger partial charge in [-0.05, 0) is 81.8 Å². The quantitative estimate of drug-likeness (QED) is 0.211. The van der Waals surface area contributed by atoms with Gasteiger partial charge in [-0.15, -0.1) is 0 Å². The summed E-state index contributed by atoms with van der Waals surface area (Å²) >= 11 is 1.17. The summed E-state index contributed by atoms with van der Waals surface area (Å²) in [6, 6.07) is 20.7. The standard InChI is InChI=1S/C32H30N4O5S/c1-5-40-31(39)28-20(4)33-32-36(29(28)21-11-14-25(15-12-21)41-19(2)3)30(38)27(42-32)18-22-17-24(13-16-26(22)37)35-34-23-9-7-6-8-10-23/h6-19,29,37H,5H2,1-4H3/b27-18-,35-34?/t29-/m1/s1. The van der Waals surface area contributed by atoms with E-state index in [1.165, 1.54) is 22.0 Å². The highest BCUT2D eigenvalue weighted by atomic mass is 32.1. The van der Waals surface area contributed by atoms with Gasteiger partial charge in [-0.3, -0.25) is 9.36 Å². The van der Waals surface area contributed by atoms with Gasteiger partial charge in [0.2, 0.25) is 0 Å². The molecule has 0 radical (unpaired) electrons. The van der Waals surface area contributed by atoms with Crippen molar-refractivity contribution < 1.29 is 19.4 Å². The van der Waals surface area contributed by atoms with Gasteiger partial charge in [0.15, 0.2) is 4.80 Å². The molecule has 0 spiro atoms. The summed E-state index contributed by atoms with van der Waals surface area (Å²) in [7, 11) is 0. The Kier molecular flexibility index (Phi) is 8.44. The Morgan fingerprint density at radius 3 is 2.48 bits per heavy atom. The number of phenols is 1. The number of aromatic nitrogens is 1. The van der Waals surface area contributed by atoms with Gasteiger partial charge in [0.05, 0.1) is 45.9 Å². The molecule has 0 saturated carbocycles. The zero-order chi connectivity index (χ0) is 29.8. The molecule has 42 heavy (non-hydrogen) atoms. The molecule has 4 aromatic rings. The molecular weight excluding hydrogens is 552 g/mol. The number of nitrogens with zero attached hydrogens (tertiary/aromatic N) is 4. The minimum Gasteiger partial charge on any atom is -0.507 e. The summed E-state index contributed by atoms with van der Waals surface area (Å²) in [5.41, 5.74) is 2.73. The van der Waals surface area contributed by atoms with Crippen molar-refractivity contribution in [2.45, 2.75) is 39.8 Å². The van der Waals surface area contributed by atoms with Crippen molar-refractivity contribution in [2.24, 2.45) is 15.2 Å². The first-order valence-corrected chi connectivity index (χ1v) is 14.3. The van der Waals surface area contributed by atoms with E-state index in [9.17, 15) is 14.7 Å². The van der Waals surface area contributed by atoms with Crippen LogP contribution in [0.15, 0.2) is 104 Å². The van der Waals surface area contributed by atoms with Gasteiger partial charge >= 0.3 is 5.97 Å². The second-order valence-corrected chi connectivity index (χ2v) is 10.8. The minimum absolute atomic E-state index is 0.000448. The van der Waals surface area contributed by atoms with Crippen LogP contribution in [0.4, 0.5) is 11.4 Å². The number of thiazole rings is 1. The molecule has 1 aromatic heterocycles. The Labute approximate surface area is 246 Å². The van der Waals surface area contributed by atoms with E-state index in [-0.39, 0.29) is 24.0 Å². The molecule has 0 saturated heterocycles. The van der Waals surface area contributed by atoms with E-state index in [1.807, 2.05) is 68.4 Å². The van der Waals surface area contributed by atoms with Gasteiger partial charge in [0, 0.05) is 5.56 Å². The van der Waals surface area contributed by atoms with E-state index >= 15 is 0 Å². The average Bonchev–Trinajstić information content (AvgIpc) is 3.27. The third kappa shape index (κ3) is 6.08. The summed E-state index contributed by atoms with van der Waals surface area (Å²) in [4.78, 5) is 32.1. The summed E-state index contributed by atoms with van der Waals surface area (Å²) in [6.07, 6.45) is 1.60. The molecule has 0 aliphatic carbocycles. The monoisotopic (exact) mass is 582 g/mol. The lowest BCUT2D eigenvalue weighted by Gasteiger charge is -2.25. The van der Waals surface area contributed by atoms with Crippen LogP contribution in [0.2, 0.25) is 0 Å². The molecule has 9 nitrogen and oxygen atoms in total. The summed E-state index contributed by atoms with van der Waals surface area (Å²) in [5.74, 6) is 0.133. The lowest BCUT2D eigenvalue weighted by molar-refractivity contribution is -0.139. The van der Waals surface area contributed by atoms with Gasteiger partial charge in [-0.1, -0.05) is 41.7 Å². The number of carbonyl (C=O) groups excluding carboxylic acids is 1. The number of azo groups is 1. The third-order valence-corrected chi connectivity index (χ3v) is 7.40. The number of aromatic hydroxyl groups is 1. The topological polar surface area (TPSA) is 115 Å². The molecule has 2 heterocycles. The van der Waals surface area contributed by atoms with Crippen LogP contribution < -0.4 is 19.6 Å². The number of allylic oxidation sites excluding steroid dienone is 1. The highest BCUT2D eigenvalue weighted by Crippen LogP contribution is 2.32. The number of esters is 1. The predicted molar refractivity (Wildman–Crippen MR) is 161 cm³/mol. The lowest BCUT2D eigenvalue weighted by atomic mass is 9.96. The number of benzene rings is 3. The third-order valence-electron chi connectivity index (χ3n) is 6.42. The van der Waals surface area contributed by atoms with Crippen molar-refractivity contribution in [2.75, 3.05) is 6.61 Å². The van der Waals surface area contributed by atoms with E-state index in [0.29, 0.717) is 48.9 Å². The molecule has 0 unspecified atom stereocenters. The first kappa shape index (κ1) is 28.7. The molecule has 0 bridgehead atoms. The van der Waals surface area contributed by atoms with Gasteiger partial charge in [0.25, 0.3) is 5.56 Å². The fourth-order valence-corrected chi connectivity index (χ4v) is 5.62. The Bertz CT molecular complexity index is 1860. The number of hydrogen-bond donors (Lipinski definition) is 1. The number of hydrogen-bond acceptors (Lipinski definition) is 9. The Morgan fingerprint density at radius 1 is 1.07 bits per heavy atom. The summed E-state index contributed by atoms with van der Waals surface area (Å²) in [6.45, 7) is 7.54. The van der Waals surface area contributed by atoms with Crippen LogP contribution in [-0.2, 0) is 9.53 Å². The normalized spacial score (nSPS) is 15.2. The highest BCUT2D eigenvalue weighted by Gasteiger charge is 2.33. The molecule has 0 fully saturated rings. The van der Waals surface area contributed by atoms with Crippen LogP contribution in [0.5, 0.6) is 11.5 Å². The molecule has 1 N–H and O–H groups in total. The number of fused-ring (bicyclic) bond motifs is 1. The maximum Gasteiger partial charge on any atom is 0.338 e. The molecule has 5 rings (SSSR count). The van der Waals surface area contributed by atoms with Crippen LogP contribution in [0, 0.1) is 0 Å². The predicted octanol–water partition coefficient (Wildman–Crippen LogP) is 5.71. The molecule has 1 aliphatic heterocycles. The van der Waals surface area contributed by atoms with Crippen LogP contribution in [-0.4, -0.2) is 28.4 Å². The minimum atomic E-state index is -0.754. The maximum atomic E-state index is 13.9. The Hall–Kier alpha value is -4.83. The fourth-order valence-electron chi connectivity index (χ4n) is 4.58. The van der Waals surface area contributed by atoms with E-state index in [1.54, 1.807) is 32.1 Å². The van der Waals surface area contributed by atoms with Crippen LogP contribution >= 0.6 is 11.3 Å². The zero-order valence-electron chi connectivity index (χ0n) is 23.6. The van der Waals surface area contributed by atoms with Crippen molar-refractivity contribution in [3.63, 3.8) is 0 Å². The molecule has 1 aliphatic rings. The summed E-state index contributed by atoms with van der Waals surface area (Å²) < 4.78 is 13.0. The van der Waals surface area contributed by atoms with Gasteiger partial charge in [0.1, 0.15) is 11.5 Å². The number of phenolic OH excluding ortho intramolecular Hbond substituents is 1. The molecule has 3 aromatic carbocycles. The molecule has 1 atom stereocenters. The number of carbonyl (C=O) groups is 1.